The van der Waals surface area contributed by atoms with Crippen LogP contribution in [0.25, 0.3) is 0 Å². The Balaban J connectivity index is 1.75. The minimum atomic E-state index is -4.92. The van der Waals surface area contributed by atoms with Crippen LogP contribution >= 0.6 is 0 Å². The zero-order chi connectivity index (χ0) is 25.1. The van der Waals surface area contributed by atoms with Gasteiger partial charge in [0, 0.05) is 18.4 Å². The Bertz CT molecular complexity index is 1070. The van der Waals surface area contributed by atoms with Crippen LogP contribution < -0.4 is 20.3 Å². The molecule has 1 saturated heterocycles. The van der Waals surface area contributed by atoms with E-state index in [2.05, 4.69) is 10.6 Å². The molecule has 2 N–H and O–H groups in total. The third-order valence-electron chi connectivity index (χ3n) is 4.82. The molecular weight excluding hydrogens is 470 g/mol. The fraction of sp³-hybridized carbons (Fsp3) is 0.333. The molecule has 3 rings (SSSR count). The molecule has 0 aliphatic carbocycles. The molecular formula is C21H18F6N4O3. The SMILES string of the molecule is CNC(=O)Nc1ccc(OC[C@H]2CN(c3ccc(C#N)c(C(F)(F)F)c3)[C@@H](C(F)(F)F)O2)cc1. The number of amides is 2. The van der Waals surface area contributed by atoms with Crippen LogP contribution in [-0.4, -0.2) is 44.7 Å². The summed E-state index contributed by atoms with van der Waals surface area (Å²) in [7, 11) is 1.44. The van der Waals surface area contributed by atoms with E-state index in [-0.39, 0.29) is 18.0 Å². The maximum atomic E-state index is 13.6. The number of benzene rings is 2. The van der Waals surface area contributed by atoms with Gasteiger partial charge in [0.05, 0.1) is 23.7 Å². The molecule has 34 heavy (non-hydrogen) atoms. The highest BCUT2D eigenvalue weighted by molar-refractivity contribution is 5.88. The molecule has 182 valence electrons. The third kappa shape index (κ3) is 5.82. The van der Waals surface area contributed by atoms with Crippen molar-refractivity contribution in [1.29, 1.82) is 5.26 Å². The van der Waals surface area contributed by atoms with Crippen molar-refractivity contribution in [2.75, 3.05) is 30.4 Å². The number of halogens is 6. The molecule has 0 radical (unpaired) electrons. The largest absolute Gasteiger partial charge is 0.491 e. The Morgan fingerprint density at radius 1 is 1.18 bits per heavy atom. The first-order valence-corrected chi connectivity index (χ1v) is 9.74. The quantitative estimate of drug-likeness (QED) is 0.606. The van der Waals surface area contributed by atoms with Crippen molar-refractivity contribution in [1.82, 2.24) is 5.32 Å². The summed E-state index contributed by atoms with van der Waals surface area (Å²) < 4.78 is 91.0. The number of nitriles is 1. The lowest BCUT2D eigenvalue weighted by Gasteiger charge is -2.27. The van der Waals surface area contributed by atoms with Gasteiger partial charge in [-0.25, -0.2) is 4.79 Å². The van der Waals surface area contributed by atoms with Crippen molar-refractivity contribution in [3.8, 4) is 11.8 Å². The van der Waals surface area contributed by atoms with Crippen molar-refractivity contribution >= 4 is 17.4 Å². The van der Waals surface area contributed by atoms with Gasteiger partial charge in [-0.3, -0.25) is 0 Å². The number of hydrogen-bond donors (Lipinski definition) is 2. The van der Waals surface area contributed by atoms with Crippen LogP contribution in [0.5, 0.6) is 5.75 Å². The summed E-state index contributed by atoms with van der Waals surface area (Å²) >= 11 is 0. The third-order valence-corrected chi connectivity index (χ3v) is 4.82. The number of urea groups is 1. The van der Waals surface area contributed by atoms with Gasteiger partial charge in [-0.2, -0.15) is 31.6 Å². The maximum Gasteiger partial charge on any atom is 0.433 e. The monoisotopic (exact) mass is 488 g/mol. The summed E-state index contributed by atoms with van der Waals surface area (Å²) in [6, 6.07) is 9.27. The van der Waals surface area contributed by atoms with Crippen LogP contribution in [0.2, 0.25) is 0 Å². The molecule has 0 bridgehead atoms. The van der Waals surface area contributed by atoms with E-state index >= 15 is 0 Å². The van der Waals surface area contributed by atoms with E-state index in [1.165, 1.54) is 37.4 Å². The van der Waals surface area contributed by atoms with Crippen LogP contribution in [0.15, 0.2) is 42.5 Å². The summed E-state index contributed by atoms with van der Waals surface area (Å²) in [4.78, 5) is 11.9. The van der Waals surface area contributed by atoms with Crippen molar-refractivity contribution in [2.24, 2.45) is 0 Å². The van der Waals surface area contributed by atoms with Gasteiger partial charge in [-0.1, -0.05) is 0 Å². The molecule has 13 heteroatoms. The summed E-state index contributed by atoms with van der Waals surface area (Å²) in [6.07, 6.45) is -13.4. The minimum Gasteiger partial charge on any atom is -0.491 e. The first-order valence-electron chi connectivity index (χ1n) is 9.74. The zero-order valence-corrected chi connectivity index (χ0v) is 17.5. The van der Waals surface area contributed by atoms with Crippen molar-refractivity contribution in [3.63, 3.8) is 0 Å². The van der Waals surface area contributed by atoms with E-state index in [1.54, 1.807) is 0 Å². The number of rotatable bonds is 5. The minimum absolute atomic E-state index is 0.283. The highest BCUT2D eigenvalue weighted by Crippen LogP contribution is 2.39. The standard InChI is InChI=1S/C21H18F6N4O3/c1-29-19(32)30-13-3-6-15(7-4-13)33-11-16-10-31(18(34-16)21(25,26)27)14-5-2-12(9-28)17(8-14)20(22,23)24/h2-8,16,18H,10-11H2,1H3,(H2,29,30,32)/t16-,18-/m1/s1. The molecule has 1 aliphatic heterocycles. The summed E-state index contributed by atoms with van der Waals surface area (Å²) in [5, 5.41) is 13.8. The van der Waals surface area contributed by atoms with E-state index in [0.29, 0.717) is 16.7 Å². The smallest absolute Gasteiger partial charge is 0.433 e. The molecule has 0 spiro atoms. The lowest BCUT2D eigenvalue weighted by Crippen LogP contribution is -2.42. The fourth-order valence-electron chi connectivity index (χ4n) is 3.26. The van der Waals surface area contributed by atoms with Crippen LogP contribution in [0.4, 0.5) is 42.5 Å². The van der Waals surface area contributed by atoms with E-state index in [9.17, 15) is 31.1 Å². The van der Waals surface area contributed by atoms with Gasteiger partial charge in [0.2, 0.25) is 6.23 Å². The number of carbonyl (C=O) groups is 1. The molecule has 0 unspecified atom stereocenters. The van der Waals surface area contributed by atoms with Gasteiger partial charge >= 0.3 is 18.4 Å². The molecule has 1 heterocycles. The van der Waals surface area contributed by atoms with E-state index < -0.39 is 48.4 Å². The van der Waals surface area contributed by atoms with Gasteiger partial charge in [0.1, 0.15) is 18.5 Å². The van der Waals surface area contributed by atoms with Gasteiger partial charge in [0.25, 0.3) is 0 Å². The fourth-order valence-corrected chi connectivity index (χ4v) is 3.26. The molecule has 7 nitrogen and oxygen atoms in total. The Morgan fingerprint density at radius 2 is 1.85 bits per heavy atom. The summed E-state index contributed by atoms with van der Waals surface area (Å²) in [5.41, 5.74) is -1.97. The highest BCUT2D eigenvalue weighted by Gasteiger charge is 2.51. The number of nitrogens with one attached hydrogen (secondary N) is 2. The Labute approximate surface area is 189 Å². The summed E-state index contributed by atoms with van der Waals surface area (Å²) in [6.45, 7) is -0.711. The lowest BCUT2D eigenvalue weighted by molar-refractivity contribution is -0.215. The number of hydrogen-bond acceptors (Lipinski definition) is 5. The second kappa shape index (κ2) is 9.68. The van der Waals surface area contributed by atoms with Gasteiger partial charge < -0.3 is 25.0 Å². The summed E-state index contributed by atoms with van der Waals surface area (Å²) in [5.74, 6) is 0.283. The molecule has 1 fully saturated rings. The number of alkyl halides is 6. The average Bonchev–Trinajstić information content (AvgIpc) is 3.22. The van der Waals surface area contributed by atoms with E-state index in [1.807, 2.05) is 0 Å². The predicted molar refractivity (Wildman–Crippen MR) is 108 cm³/mol. The average molecular weight is 488 g/mol. The first kappa shape index (κ1) is 25.0. The predicted octanol–water partition coefficient (Wildman–Crippen LogP) is 4.50. The van der Waals surface area contributed by atoms with Gasteiger partial charge in [0.15, 0.2) is 0 Å². The maximum absolute atomic E-state index is 13.6. The molecule has 0 saturated carbocycles. The number of ether oxygens (including phenoxy) is 2. The Hall–Kier alpha value is -3.66. The zero-order valence-electron chi connectivity index (χ0n) is 17.5. The second-order valence-corrected chi connectivity index (χ2v) is 7.18. The highest BCUT2D eigenvalue weighted by atomic mass is 19.4. The Kier molecular flexibility index (Phi) is 7.11. The van der Waals surface area contributed by atoms with Crippen LogP contribution in [0.1, 0.15) is 11.1 Å². The molecule has 2 aromatic rings. The molecule has 1 aliphatic rings. The number of anilines is 2. The molecule has 2 atom stereocenters. The van der Waals surface area contributed by atoms with Gasteiger partial charge in [-0.15, -0.1) is 0 Å². The molecule has 2 amide bonds. The van der Waals surface area contributed by atoms with Crippen molar-refractivity contribution in [2.45, 2.75) is 24.7 Å². The molecule has 0 aromatic heterocycles. The van der Waals surface area contributed by atoms with Gasteiger partial charge in [-0.05, 0) is 42.5 Å². The van der Waals surface area contributed by atoms with Crippen molar-refractivity contribution < 1.29 is 40.6 Å². The lowest BCUT2D eigenvalue weighted by atomic mass is 10.1. The normalized spacial score (nSPS) is 18.4. The van der Waals surface area contributed by atoms with Crippen molar-refractivity contribution in [3.05, 3.63) is 53.6 Å². The topological polar surface area (TPSA) is 86.6 Å². The Morgan fingerprint density at radius 3 is 2.41 bits per heavy atom. The van der Waals surface area contributed by atoms with E-state index in [4.69, 9.17) is 14.7 Å². The van der Waals surface area contributed by atoms with E-state index in [0.717, 1.165) is 12.1 Å². The first-order chi connectivity index (χ1) is 15.9. The molecule has 2 aromatic carbocycles. The van der Waals surface area contributed by atoms with Crippen LogP contribution in [0.3, 0.4) is 0 Å². The van der Waals surface area contributed by atoms with Crippen LogP contribution in [0, 0.1) is 11.3 Å². The number of nitrogens with zero attached hydrogens (tertiary/aromatic N) is 2. The second-order valence-electron chi connectivity index (χ2n) is 7.18. The number of carbonyl (C=O) groups excluding carboxylic acids is 1. The van der Waals surface area contributed by atoms with Crippen LogP contribution in [-0.2, 0) is 10.9 Å².